The van der Waals surface area contributed by atoms with Crippen LogP contribution in [-0.2, 0) is 16.2 Å². The normalized spacial score (nSPS) is 14.6. The molecule has 0 radical (unpaired) electrons. The summed E-state index contributed by atoms with van der Waals surface area (Å²) in [4.78, 5) is 0. The molecule has 2 heterocycles. The summed E-state index contributed by atoms with van der Waals surface area (Å²) in [5, 5.41) is 5.08. The Hall–Kier alpha value is -7.94. The molecule has 0 atom stereocenters. The largest absolute Gasteiger partial charge is 0.309 e. The molecular weight excluding hydrogens is 845 g/mol. The van der Waals surface area contributed by atoms with Gasteiger partial charge < -0.3 is 9.13 Å². The Bertz CT molecular complexity index is 4010. The highest BCUT2D eigenvalue weighted by molar-refractivity contribution is 6.11. The first-order valence-corrected chi connectivity index (χ1v) is 24.9. The SMILES string of the molecule is CC(C)(C)c1ccc(-n2c3ccccc3c3cc(C=Cc4ccc5c(c4)C(C)(C)c4cc6c(cc4-5)C(C)(C)c4cc(C=Cc5ccc7c(c5)c5ccccc5n7-c5ccccc5)ccc4-6)ccc32)cc1. The van der Waals surface area contributed by atoms with Gasteiger partial charge >= 0.3 is 0 Å². The van der Waals surface area contributed by atoms with E-state index in [1.807, 2.05) is 0 Å². The van der Waals surface area contributed by atoms with Crippen LogP contribution in [0.2, 0.25) is 0 Å². The van der Waals surface area contributed by atoms with Crippen LogP contribution in [0.1, 0.15) is 98.5 Å². The summed E-state index contributed by atoms with van der Waals surface area (Å²) < 4.78 is 4.78. The van der Waals surface area contributed by atoms with Crippen LogP contribution < -0.4 is 0 Å². The Balaban J connectivity index is 0.786. The van der Waals surface area contributed by atoms with Crippen LogP contribution in [0.5, 0.6) is 0 Å². The lowest BCUT2D eigenvalue weighted by Crippen LogP contribution is -2.17. The number of hydrogen-bond donors (Lipinski definition) is 0. The molecule has 338 valence electrons. The van der Waals surface area contributed by atoms with Gasteiger partial charge in [-0.1, -0.05) is 188 Å². The summed E-state index contributed by atoms with van der Waals surface area (Å²) in [5.41, 5.74) is 24.3. The zero-order valence-corrected chi connectivity index (χ0v) is 41.1. The van der Waals surface area contributed by atoms with Crippen molar-refractivity contribution in [3.8, 4) is 33.6 Å². The molecule has 13 rings (SSSR count). The highest BCUT2D eigenvalue weighted by Gasteiger charge is 2.41. The minimum absolute atomic E-state index is 0.113. The van der Waals surface area contributed by atoms with Crippen molar-refractivity contribution in [3.05, 3.63) is 238 Å². The summed E-state index contributed by atoms with van der Waals surface area (Å²) >= 11 is 0. The Labute approximate surface area is 411 Å². The molecule has 0 spiro atoms. The quantitative estimate of drug-likeness (QED) is 0.147. The highest BCUT2D eigenvalue weighted by atomic mass is 15.0. The highest BCUT2D eigenvalue weighted by Crippen LogP contribution is 2.56. The van der Waals surface area contributed by atoms with E-state index in [1.54, 1.807) is 0 Å². The second-order valence-corrected chi connectivity index (χ2v) is 21.9. The second kappa shape index (κ2) is 15.3. The standard InChI is InChI=1S/C68H56N2/c1-66(2,3)47-29-31-49(32-30-47)70-63-20-14-12-18-53(63)57-38-44(28-36-65(57)70)22-24-46-26-34-51-55-42-60-54(41-61(55)68(6,7)59(51)40-46)50-33-25-45(39-58(50)67(60,4)5)23-21-43-27-35-64-56(37-43)52-17-11-13-19-62(52)69(64)48-15-9-8-10-16-48/h8-42H,1-7H3. The first-order valence-electron chi connectivity index (χ1n) is 24.9. The number of benzene rings is 9. The van der Waals surface area contributed by atoms with Crippen LogP contribution in [0.25, 0.3) is 102 Å². The molecular formula is C68H56N2. The second-order valence-electron chi connectivity index (χ2n) is 21.9. The van der Waals surface area contributed by atoms with Crippen molar-refractivity contribution in [1.29, 1.82) is 0 Å². The van der Waals surface area contributed by atoms with Crippen molar-refractivity contribution in [2.75, 3.05) is 0 Å². The van der Waals surface area contributed by atoms with Gasteiger partial charge in [0.15, 0.2) is 0 Å². The van der Waals surface area contributed by atoms with Gasteiger partial charge in [0, 0.05) is 43.7 Å². The number of para-hydroxylation sites is 3. The predicted molar refractivity (Wildman–Crippen MR) is 300 cm³/mol. The van der Waals surface area contributed by atoms with Crippen molar-refractivity contribution < 1.29 is 0 Å². The maximum absolute atomic E-state index is 2.52. The average molecular weight is 901 g/mol. The Morgan fingerprint density at radius 1 is 0.329 bits per heavy atom. The van der Waals surface area contributed by atoms with Gasteiger partial charge in [0.05, 0.1) is 22.1 Å². The van der Waals surface area contributed by atoms with E-state index in [0.29, 0.717) is 0 Å². The zero-order valence-electron chi connectivity index (χ0n) is 41.1. The van der Waals surface area contributed by atoms with Crippen LogP contribution in [0.4, 0.5) is 0 Å². The van der Waals surface area contributed by atoms with Gasteiger partial charge in [-0.15, -0.1) is 0 Å². The molecule has 2 heteroatoms. The van der Waals surface area contributed by atoms with E-state index >= 15 is 0 Å². The minimum Gasteiger partial charge on any atom is -0.309 e. The van der Waals surface area contributed by atoms with E-state index < -0.39 is 0 Å². The smallest absolute Gasteiger partial charge is 0.0541 e. The van der Waals surface area contributed by atoms with Gasteiger partial charge in [-0.25, -0.2) is 0 Å². The fourth-order valence-electron chi connectivity index (χ4n) is 12.0. The van der Waals surface area contributed by atoms with Crippen LogP contribution in [0.15, 0.2) is 188 Å². The molecule has 2 aliphatic carbocycles. The molecule has 9 aromatic carbocycles. The van der Waals surface area contributed by atoms with E-state index in [0.717, 1.165) is 0 Å². The third-order valence-corrected chi connectivity index (χ3v) is 15.9. The van der Waals surface area contributed by atoms with Gasteiger partial charge in [-0.05, 0) is 151 Å². The summed E-state index contributed by atoms with van der Waals surface area (Å²) in [6.07, 6.45) is 9.13. The number of aromatic nitrogens is 2. The summed E-state index contributed by atoms with van der Waals surface area (Å²) in [6.45, 7) is 16.4. The van der Waals surface area contributed by atoms with E-state index in [-0.39, 0.29) is 16.2 Å². The minimum atomic E-state index is -0.139. The van der Waals surface area contributed by atoms with Crippen LogP contribution in [0, 0.1) is 0 Å². The van der Waals surface area contributed by atoms with Crippen molar-refractivity contribution in [2.45, 2.75) is 64.7 Å². The Kier molecular flexibility index (Phi) is 9.21. The van der Waals surface area contributed by atoms with Crippen LogP contribution in [-0.4, -0.2) is 9.13 Å². The molecule has 0 amide bonds. The van der Waals surface area contributed by atoms with E-state index in [9.17, 15) is 0 Å². The number of fused-ring (bicyclic) bond motifs is 12. The summed E-state index contributed by atoms with van der Waals surface area (Å²) in [5.74, 6) is 0. The molecule has 0 aliphatic heterocycles. The molecule has 70 heavy (non-hydrogen) atoms. The number of rotatable bonds is 6. The van der Waals surface area contributed by atoms with E-state index in [1.165, 1.54) is 127 Å². The zero-order chi connectivity index (χ0) is 47.7. The van der Waals surface area contributed by atoms with Gasteiger partial charge in [0.25, 0.3) is 0 Å². The third-order valence-electron chi connectivity index (χ3n) is 15.9. The van der Waals surface area contributed by atoms with Crippen LogP contribution >= 0.6 is 0 Å². The molecule has 2 aromatic heterocycles. The maximum atomic E-state index is 2.52. The molecule has 0 unspecified atom stereocenters. The van der Waals surface area contributed by atoms with Crippen molar-refractivity contribution in [1.82, 2.24) is 9.13 Å². The molecule has 2 aliphatic rings. The molecule has 0 N–H and O–H groups in total. The molecule has 0 fully saturated rings. The van der Waals surface area contributed by atoms with E-state index in [2.05, 4.69) is 270 Å². The van der Waals surface area contributed by atoms with Gasteiger partial charge in [0.1, 0.15) is 0 Å². The van der Waals surface area contributed by atoms with E-state index in [4.69, 9.17) is 0 Å². The maximum Gasteiger partial charge on any atom is 0.0541 e. The fourth-order valence-corrected chi connectivity index (χ4v) is 12.0. The third kappa shape index (κ3) is 6.46. The lowest BCUT2D eigenvalue weighted by atomic mass is 9.79. The Morgan fingerprint density at radius 3 is 1.16 bits per heavy atom. The number of hydrogen-bond acceptors (Lipinski definition) is 0. The fraction of sp³-hybridized carbons (Fsp3) is 0.147. The number of nitrogens with zero attached hydrogens (tertiary/aromatic N) is 2. The summed E-state index contributed by atoms with van der Waals surface area (Å²) in [6, 6.07) is 70.3. The lowest BCUT2D eigenvalue weighted by Gasteiger charge is -2.24. The van der Waals surface area contributed by atoms with Gasteiger partial charge in [0.2, 0.25) is 0 Å². The average Bonchev–Trinajstić information content (AvgIpc) is 4.02. The predicted octanol–water partition coefficient (Wildman–Crippen LogP) is 18.1. The monoisotopic (exact) mass is 900 g/mol. The summed E-state index contributed by atoms with van der Waals surface area (Å²) in [7, 11) is 0. The van der Waals surface area contributed by atoms with Gasteiger partial charge in [-0.3, -0.25) is 0 Å². The molecule has 2 nitrogen and oxygen atoms in total. The van der Waals surface area contributed by atoms with Crippen LogP contribution in [0.3, 0.4) is 0 Å². The molecule has 0 saturated heterocycles. The van der Waals surface area contributed by atoms with Crippen molar-refractivity contribution in [2.24, 2.45) is 0 Å². The topological polar surface area (TPSA) is 9.86 Å². The first-order chi connectivity index (χ1) is 33.8. The van der Waals surface area contributed by atoms with Gasteiger partial charge in [-0.2, -0.15) is 0 Å². The first kappa shape index (κ1) is 42.2. The Morgan fingerprint density at radius 2 is 0.700 bits per heavy atom. The molecule has 0 bridgehead atoms. The molecule has 0 saturated carbocycles. The molecule has 11 aromatic rings. The van der Waals surface area contributed by atoms with Crippen molar-refractivity contribution >= 4 is 67.9 Å². The lowest BCUT2D eigenvalue weighted by molar-refractivity contribution is 0.590. The van der Waals surface area contributed by atoms with Crippen molar-refractivity contribution in [3.63, 3.8) is 0 Å².